The first-order valence-electron chi connectivity index (χ1n) is 8.39. The molecule has 1 saturated heterocycles. The number of carboxylic acids is 1. The molecule has 2 heterocycles. The Hall–Kier alpha value is -2.63. The highest BCUT2D eigenvalue weighted by molar-refractivity contribution is 5.82. The smallest absolute Gasteiger partial charge is 0.308 e. The highest BCUT2D eigenvalue weighted by Crippen LogP contribution is 2.39. The van der Waals surface area contributed by atoms with Gasteiger partial charge in [-0.1, -0.05) is 29.4 Å². The van der Waals surface area contributed by atoms with Crippen molar-refractivity contribution in [3.05, 3.63) is 52.4 Å². The Labute approximate surface area is 146 Å². The van der Waals surface area contributed by atoms with Crippen molar-refractivity contribution in [2.45, 2.75) is 46.2 Å². The second kappa shape index (κ2) is 6.70. The van der Waals surface area contributed by atoms with Crippen LogP contribution in [0.15, 0.2) is 28.8 Å². The van der Waals surface area contributed by atoms with Crippen LogP contribution in [-0.4, -0.2) is 27.0 Å². The van der Waals surface area contributed by atoms with Crippen molar-refractivity contribution in [2.24, 2.45) is 5.92 Å². The fraction of sp³-hybridized carbons (Fsp3) is 0.421. The lowest BCUT2D eigenvalue weighted by Crippen LogP contribution is -2.45. The number of hydrogen-bond donors (Lipinski definition) is 1. The summed E-state index contributed by atoms with van der Waals surface area (Å²) < 4.78 is 5.21. The van der Waals surface area contributed by atoms with Crippen LogP contribution in [0.1, 0.15) is 47.0 Å². The first-order valence-corrected chi connectivity index (χ1v) is 8.39. The Morgan fingerprint density at radius 1 is 1.32 bits per heavy atom. The second-order valence-corrected chi connectivity index (χ2v) is 6.61. The van der Waals surface area contributed by atoms with Crippen LogP contribution < -0.4 is 0 Å². The zero-order valence-corrected chi connectivity index (χ0v) is 14.7. The SMILES string of the molecule is Cc1ccccc1[C@@H]1[C@H](C(=O)O)CCC(=O)N1Cc1c(C)noc1C. The summed E-state index contributed by atoms with van der Waals surface area (Å²) in [6.45, 7) is 5.89. The van der Waals surface area contributed by atoms with Crippen molar-refractivity contribution >= 4 is 11.9 Å². The van der Waals surface area contributed by atoms with E-state index < -0.39 is 17.9 Å². The lowest BCUT2D eigenvalue weighted by Gasteiger charge is -2.40. The van der Waals surface area contributed by atoms with Crippen LogP contribution in [0.4, 0.5) is 0 Å². The van der Waals surface area contributed by atoms with E-state index >= 15 is 0 Å². The molecule has 25 heavy (non-hydrogen) atoms. The van der Waals surface area contributed by atoms with E-state index in [0.717, 1.165) is 22.4 Å². The van der Waals surface area contributed by atoms with Gasteiger partial charge >= 0.3 is 5.97 Å². The van der Waals surface area contributed by atoms with Gasteiger partial charge in [-0.3, -0.25) is 9.59 Å². The molecule has 1 aromatic heterocycles. The molecule has 3 rings (SSSR count). The van der Waals surface area contributed by atoms with Gasteiger partial charge in [0.05, 0.1) is 24.2 Å². The number of piperidine rings is 1. The van der Waals surface area contributed by atoms with E-state index in [1.54, 1.807) is 11.8 Å². The van der Waals surface area contributed by atoms with Gasteiger partial charge < -0.3 is 14.5 Å². The molecule has 0 radical (unpaired) electrons. The molecule has 1 N–H and O–H groups in total. The molecule has 6 heteroatoms. The summed E-state index contributed by atoms with van der Waals surface area (Å²) in [6.07, 6.45) is 0.591. The molecule has 1 aliphatic rings. The summed E-state index contributed by atoms with van der Waals surface area (Å²) in [7, 11) is 0. The minimum atomic E-state index is -0.871. The Bertz CT molecular complexity index is 792. The van der Waals surface area contributed by atoms with Crippen molar-refractivity contribution in [3.63, 3.8) is 0 Å². The summed E-state index contributed by atoms with van der Waals surface area (Å²) in [5, 5.41) is 13.7. The van der Waals surface area contributed by atoms with Crippen molar-refractivity contribution in [3.8, 4) is 0 Å². The van der Waals surface area contributed by atoms with Crippen LogP contribution in [-0.2, 0) is 16.1 Å². The van der Waals surface area contributed by atoms with Crippen LogP contribution in [0, 0.1) is 26.7 Å². The number of rotatable bonds is 4. The van der Waals surface area contributed by atoms with Gasteiger partial charge in [-0.2, -0.15) is 0 Å². The summed E-state index contributed by atoms with van der Waals surface area (Å²) in [5.41, 5.74) is 3.44. The van der Waals surface area contributed by atoms with Gasteiger partial charge in [0, 0.05) is 12.0 Å². The van der Waals surface area contributed by atoms with Gasteiger partial charge in [0.1, 0.15) is 5.76 Å². The second-order valence-electron chi connectivity index (χ2n) is 6.61. The molecule has 6 nitrogen and oxygen atoms in total. The maximum absolute atomic E-state index is 12.7. The predicted molar refractivity (Wildman–Crippen MR) is 90.8 cm³/mol. The maximum atomic E-state index is 12.7. The topological polar surface area (TPSA) is 83.6 Å². The minimum Gasteiger partial charge on any atom is -0.481 e. The number of amides is 1. The number of aryl methyl sites for hydroxylation is 3. The van der Waals surface area contributed by atoms with E-state index in [0.29, 0.717) is 18.7 Å². The summed E-state index contributed by atoms with van der Waals surface area (Å²) in [4.78, 5) is 26.2. The number of carbonyl (C=O) groups is 2. The molecule has 0 spiro atoms. The van der Waals surface area contributed by atoms with Gasteiger partial charge in [-0.25, -0.2) is 0 Å². The lowest BCUT2D eigenvalue weighted by atomic mass is 9.82. The third-order valence-electron chi connectivity index (χ3n) is 5.04. The van der Waals surface area contributed by atoms with Crippen LogP contribution in [0.2, 0.25) is 0 Å². The molecular formula is C19H22N2O4. The van der Waals surface area contributed by atoms with Gasteiger partial charge in [0.15, 0.2) is 0 Å². The zero-order chi connectivity index (χ0) is 18.1. The fourth-order valence-electron chi connectivity index (χ4n) is 3.60. The maximum Gasteiger partial charge on any atom is 0.308 e. The summed E-state index contributed by atoms with van der Waals surface area (Å²) >= 11 is 0. The molecule has 2 atom stereocenters. The standard InChI is InChI=1S/C19H22N2O4/c1-11-6-4-5-7-14(11)18-15(19(23)24)8-9-17(22)21(18)10-16-12(2)20-25-13(16)3/h4-7,15,18H,8-10H2,1-3H3,(H,23,24)/t15-,18-/m1/s1. The first-order chi connectivity index (χ1) is 11.9. The Morgan fingerprint density at radius 2 is 2.04 bits per heavy atom. The number of aromatic nitrogens is 1. The monoisotopic (exact) mass is 342 g/mol. The predicted octanol–water partition coefficient (Wildman–Crippen LogP) is 3.16. The van der Waals surface area contributed by atoms with Gasteiger partial charge in [-0.05, 0) is 38.3 Å². The van der Waals surface area contributed by atoms with Crippen molar-refractivity contribution < 1.29 is 19.2 Å². The third kappa shape index (κ3) is 3.16. The number of carbonyl (C=O) groups excluding carboxylic acids is 1. The third-order valence-corrected chi connectivity index (χ3v) is 5.04. The van der Waals surface area contributed by atoms with Crippen molar-refractivity contribution in [2.75, 3.05) is 0 Å². The molecule has 2 aromatic rings. The summed E-state index contributed by atoms with van der Waals surface area (Å²) in [5.74, 6) is -0.874. The van der Waals surface area contributed by atoms with Gasteiger partial charge in [0.2, 0.25) is 5.91 Å². The lowest BCUT2D eigenvalue weighted by molar-refractivity contribution is -0.152. The average Bonchev–Trinajstić information content (AvgIpc) is 2.88. The number of hydrogen-bond acceptors (Lipinski definition) is 4. The highest BCUT2D eigenvalue weighted by atomic mass is 16.5. The Kier molecular flexibility index (Phi) is 4.61. The molecular weight excluding hydrogens is 320 g/mol. The van der Waals surface area contributed by atoms with Crippen LogP contribution in [0.5, 0.6) is 0 Å². The normalized spacial score (nSPS) is 20.8. The van der Waals surface area contributed by atoms with E-state index in [1.165, 1.54) is 0 Å². The van der Waals surface area contributed by atoms with Crippen molar-refractivity contribution in [1.82, 2.24) is 10.1 Å². The van der Waals surface area contributed by atoms with E-state index in [2.05, 4.69) is 5.16 Å². The van der Waals surface area contributed by atoms with Gasteiger partial charge in [-0.15, -0.1) is 0 Å². The number of carboxylic acid groups (broad SMARTS) is 1. The molecule has 1 aliphatic heterocycles. The number of aliphatic carboxylic acids is 1. The Balaban J connectivity index is 2.06. The quantitative estimate of drug-likeness (QED) is 0.923. The molecule has 1 amide bonds. The average molecular weight is 342 g/mol. The van der Waals surface area contributed by atoms with Crippen LogP contribution >= 0.6 is 0 Å². The number of likely N-dealkylation sites (tertiary alicyclic amines) is 1. The van der Waals surface area contributed by atoms with Crippen LogP contribution in [0.25, 0.3) is 0 Å². The molecule has 1 fully saturated rings. The zero-order valence-electron chi connectivity index (χ0n) is 14.7. The number of benzene rings is 1. The van der Waals surface area contributed by atoms with E-state index in [-0.39, 0.29) is 12.3 Å². The Morgan fingerprint density at radius 3 is 2.64 bits per heavy atom. The molecule has 0 bridgehead atoms. The largest absolute Gasteiger partial charge is 0.481 e. The summed E-state index contributed by atoms with van der Waals surface area (Å²) in [6, 6.07) is 7.16. The first kappa shape index (κ1) is 17.2. The van der Waals surface area contributed by atoms with Crippen LogP contribution in [0.3, 0.4) is 0 Å². The molecule has 0 aliphatic carbocycles. The minimum absolute atomic E-state index is 0.0363. The number of nitrogens with zero attached hydrogens (tertiary/aromatic N) is 2. The molecule has 1 aromatic carbocycles. The van der Waals surface area contributed by atoms with E-state index in [1.807, 2.05) is 38.1 Å². The fourth-order valence-corrected chi connectivity index (χ4v) is 3.60. The van der Waals surface area contributed by atoms with E-state index in [4.69, 9.17) is 4.52 Å². The highest BCUT2D eigenvalue weighted by Gasteiger charge is 2.41. The van der Waals surface area contributed by atoms with Crippen molar-refractivity contribution in [1.29, 1.82) is 0 Å². The molecule has 0 unspecified atom stereocenters. The van der Waals surface area contributed by atoms with E-state index in [9.17, 15) is 14.7 Å². The molecule has 132 valence electrons. The molecule has 0 saturated carbocycles. The van der Waals surface area contributed by atoms with Gasteiger partial charge in [0.25, 0.3) is 0 Å².